The predicted octanol–water partition coefficient (Wildman–Crippen LogP) is 0.600. The predicted molar refractivity (Wildman–Crippen MR) is 46.3 cm³/mol. The van der Waals surface area contributed by atoms with Gasteiger partial charge in [0.25, 0.3) is 0 Å². The molecule has 0 aromatic rings. The SMILES string of the molecule is O=C1OCCN1CC1CCCC1O. The maximum absolute atomic E-state index is 11.1. The van der Waals surface area contributed by atoms with Crippen LogP contribution in [0.2, 0.25) is 0 Å². The molecule has 2 fully saturated rings. The number of rotatable bonds is 2. The molecule has 4 heteroatoms. The average molecular weight is 185 g/mol. The van der Waals surface area contributed by atoms with Gasteiger partial charge < -0.3 is 14.7 Å². The second-order valence-electron chi connectivity index (χ2n) is 3.82. The summed E-state index contributed by atoms with van der Waals surface area (Å²) in [4.78, 5) is 12.8. The van der Waals surface area contributed by atoms with E-state index < -0.39 is 0 Å². The molecule has 1 aliphatic carbocycles. The summed E-state index contributed by atoms with van der Waals surface area (Å²) in [6, 6.07) is 0. The number of aliphatic hydroxyl groups excluding tert-OH is 1. The Labute approximate surface area is 77.5 Å². The Kier molecular flexibility index (Phi) is 2.40. The van der Waals surface area contributed by atoms with Crippen molar-refractivity contribution in [3.05, 3.63) is 0 Å². The lowest BCUT2D eigenvalue weighted by Crippen LogP contribution is -2.33. The molecule has 0 bridgehead atoms. The summed E-state index contributed by atoms with van der Waals surface area (Å²) in [5.74, 6) is 0.269. The quantitative estimate of drug-likeness (QED) is 0.685. The highest BCUT2D eigenvalue weighted by molar-refractivity contribution is 5.69. The Hall–Kier alpha value is -0.770. The molecule has 2 rings (SSSR count). The Bertz CT molecular complexity index is 207. The van der Waals surface area contributed by atoms with Gasteiger partial charge in [-0.1, -0.05) is 6.42 Å². The molecule has 2 unspecified atom stereocenters. The van der Waals surface area contributed by atoms with Gasteiger partial charge in [0.1, 0.15) is 6.61 Å². The third-order valence-electron chi connectivity index (χ3n) is 2.92. The Morgan fingerprint density at radius 3 is 2.92 bits per heavy atom. The van der Waals surface area contributed by atoms with E-state index in [1.807, 2.05) is 0 Å². The molecule has 2 aliphatic rings. The van der Waals surface area contributed by atoms with E-state index in [9.17, 15) is 9.90 Å². The molecule has 1 saturated carbocycles. The number of hydrogen-bond donors (Lipinski definition) is 1. The van der Waals surface area contributed by atoms with E-state index in [0.717, 1.165) is 19.3 Å². The second-order valence-corrected chi connectivity index (χ2v) is 3.82. The zero-order valence-electron chi connectivity index (χ0n) is 7.61. The van der Waals surface area contributed by atoms with E-state index in [2.05, 4.69) is 0 Å². The molecule has 1 saturated heterocycles. The van der Waals surface area contributed by atoms with E-state index in [1.165, 1.54) is 0 Å². The number of carbonyl (C=O) groups is 1. The minimum absolute atomic E-state index is 0.214. The van der Waals surface area contributed by atoms with E-state index >= 15 is 0 Å². The van der Waals surface area contributed by atoms with E-state index in [4.69, 9.17) is 4.74 Å². The molecular weight excluding hydrogens is 170 g/mol. The number of cyclic esters (lactones) is 1. The molecule has 1 amide bonds. The van der Waals surface area contributed by atoms with Crippen LogP contribution in [0, 0.1) is 5.92 Å². The van der Waals surface area contributed by atoms with Crippen LogP contribution in [0.3, 0.4) is 0 Å². The van der Waals surface area contributed by atoms with Crippen LogP contribution in [-0.2, 0) is 4.74 Å². The normalized spacial score (nSPS) is 33.9. The number of hydrogen-bond acceptors (Lipinski definition) is 3. The number of carbonyl (C=O) groups excluding carboxylic acids is 1. The van der Waals surface area contributed by atoms with E-state index in [0.29, 0.717) is 19.7 Å². The molecule has 1 heterocycles. The van der Waals surface area contributed by atoms with Crippen molar-refractivity contribution in [2.75, 3.05) is 19.7 Å². The zero-order chi connectivity index (χ0) is 9.26. The highest BCUT2D eigenvalue weighted by Gasteiger charge is 2.31. The van der Waals surface area contributed by atoms with Crippen molar-refractivity contribution in [1.82, 2.24) is 4.90 Å². The maximum Gasteiger partial charge on any atom is 0.409 e. The van der Waals surface area contributed by atoms with Crippen molar-refractivity contribution >= 4 is 6.09 Å². The highest BCUT2D eigenvalue weighted by Crippen LogP contribution is 2.26. The van der Waals surface area contributed by atoms with Gasteiger partial charge in [-0.2, -0.15) is 0 Å². The van der Waals surface area contributed by atoms with Crippen molar-refractivity contribution in [3.8, 4) is 0 Å². The van der Waals surface area contributed by atoms with Crippen LogP contribution in [0.5, 0.6) is 0 Å². The minimum Gasteiger partial charge on any atom is -0.448 e. The Morgan fingerprint density at radius 2 is 2.38 bits per heavy atom. The molecule has 0 aromatic heterocycles. The zero-order valence-corrected chi connectivity index (χ0v) is 7.61. The van der Waals surface area contributed by atoms with Gasteiger partial charge in [0.15, 0.2) is 0 Å². The van der Waals surface area contributed by atoms with Gasteiger partial charge in [-0.15, -0.1) is 0 Å². The van der Waals surface area contributed by atoms with Gasteiger partial charge in [0, 0.05) is 12.5 Å². The second kappa shape index (κ2) is 3.54. The maximum atomic E-state index is 11.1. The van der Waals surface area contributed by atoms with Gasteiger partial charge in [0.2, 0.25) is 0 Å². The molecule has 1 N–H and O–H groups in total. The van der Waals surface area contributed by atoms with Crippen molar-refractivity contribution in [2.45, 2.75) is 25.4 Å². The summed E-state index contributed by atoms with van der Waals surface area (Å²) in [6.07, 6.45) is 2.56. The fraction of sp³-hybridized carbons (Fsp3) is 0.889. The molecule has 0 radical (unpaired) electrons. The standard InChI is InChI=1S/C9H15NO3/c11-8-3-1-2-7(8)6-10-4-5-13-9(10)12/h7-8,11H,1-6H2. The van der Waals surface area contributed by atoms with Crippen molar-refractivity contribution in [3.63, 3.8) is 0 Å². The monoisotopic (exact) mass is 185 g/mol. The number of nitrogens with zero attached hydrogens (tertiary/aromatic N) is 1. The van der Waals surface area contributed by atoms with E-state index in [1.54, 1.807) is 4.90 Å². The Morgan fingerprint density at radius 1 is 1.54 bits per heavy atom. The van der Waals surface area contributed by atoms with Crippen molar-refractivity contribution in [1.29, 1.82) is 0 Å². The smallest absolute Gasteiger partial charge is 0.409 e. The molecule has 13 heavy (non-hydrogen) atoms. The number of ether oxygens (including phenoxy) is 1. The largest absolute Gasteiger partial charge is 0.448 e. The Balaban J connectivity index is 1.86. The summed E-state index contributed by atoms with van der Waals surface area (Å²) in [5, 5.41) is 9.56. The fourth-order valence-corrected chi connectivity index (χ4v) is 2.10. The first-order chi connectivity index (χ1) is 6.27. The summed E-state index contributed by atoms with van der Waals surface area (Å²) in [6.45, 7) is 1.85. The summed E-state index contributed by atoms with van der Waals surface area (Å²) in [7, 11) is 0. The molecule has 0 spiro atoms. The first-order valence-corrected chi connectivity index (χ1v) is 4.87. The number of aliphatic hydroxyl groups is 1. The topological polar surface area (TPSA) is 49.8 Å². The lowest BCUT2D eigenvalue weighted by molar-refractivity contribution is 0.108. The van der Waals surface area contributed by atoms with Crippen LogP contribution in [0.15, 0.2) is 0 Å². The third kappa shape index (κ3) is 1.77. The average Bonchev–Trinajstić information content (AvgIpc) is 2.65. The summed E-state index contributed by atoms with van der Waals surface area (Å²) in [5.41, 5.74) is 0. The van der Waals surface area contributed by atoms with Crippen LogP contribution < -0.4 is 0 Å². The molecule has 74 valence electrons. The van der Waals surface area contributed by atoms with Crippen LogP contribution in [-0.4, -0.2) is 41.9 Å². The minimum atomic E-state index is -0.223. The molecule has 2 atom stereocenters. The van der Waals surface area contributed by atoms with Crippen molar-refractivity contribution in [2.24, 2.45) is 5.92 Å². The van der Waals surface area contributed by atoms with E-state index in [-0.39, 0.29) is 18.1 Å². The van der Waals surface area contributed by atoms with Crippen LogP contribution in [0.1, 0.15) is 19.3 Å². The van der Waals surface area contributed by atoms with Gasteiger partial charge in [-0.05, 0) is 12.8 Å². The summed E-state index contributed by atoms with van der Waals surface area (Å²) >= 11 is 0. The molecule has 4 nitrogen and oxygen atoms in total. The van der Waals surface area contributed by atoms with Gasteiger partial charge in [-0.3, -0.25) is 0 Å². The fourth-order valence-electron chi connectivity index (χ4n) is 2.10. The van der Waals surface area contributed by atoms with Crippen LogP contribution in [0.4, 0.5) is 4.79 Å². The molecule has 1 aliphatic heterocycles. The lowest BCUT2D eigenvalue weighted by Gasteiger charge is -2.20. The van der Waals surface area contributed by atoms with Crippen LogP contribution in [0.25, 0.3) is 0 Å². The van der Waals surface area contributed by atoms with Gasteiger partial charge in [0.05, 0.1) is 12.6 Å². The third-order valence-corrected chi connectivity index (χ3v) is 2.92. The molecule has 0 aromatic carbocycles. The summed E-state index contributed by atoms with van der Waals surface area (Å²) < 4.78 is 4.82. The first-order valence-electron chi connectivity index (χ1n) is 4.87. The highest BCUT2D eigenvalue weighted by atomic mass is 16.6. The van der Waals surface area contributed by atoms with Gasteiger partial charge >= 0.3 is 6.09 Å². The van der Waals surface area contributed by atoms with Gasteiger partial charge in [-0.25, -0.2) is 4.79 Å². The van der Waals surface area contributed by atoms with Crippen LogP contribution >= 0.6 is 0 Å². The number of amides is 1. The molecular formula is C9H15NO3. The first kappa shape index (κ1) is 8.81. The van der Waals surface area contributed by atoms with Crippen molar-refractivity contribution < 1.29 is 14.6 Å². The lowest BCUT2D eigenvalue weighted by atomic mass is 10.1.